The van der Waals surface area contributed by atoms with Crippen LogP contribution in [0.3, 0.4) is 0 Å². The summed E-state index contributed by atoms with van der Waals surface area (Å²) in [5, 5.41) is 4.15. The van der Waals surface area contributed by atoms with Gasteiger partial charge in [0.05, 0.1) is 18.4 Å². The van der Waals surface area contributed by atoms with E-state index in [1.165, 1.54) is 7.11 Å². The third kappa shape index (κ3) is 1.97. The molecule has 0 bridgehead atoms. The van der Waals surface area contributed by atoms with Gasteiger partial charge in [0.1, 0.15) is 0 Å². The Bertz CT molecular complexity index is 795. The predicted octanol–water partition coefficient (Wildman–Crippen LogP) is 1.77. The number of rotatable bonds is 2. The first kappa shape index (κ1) is 12.2. The van der Waals surface area contributed by atoms with E-state index in [-0.39, 0.29) is 11.9 Å². The van der Waals surface area contributed by atoms with Crippen LogP contribution in [0, 0.1) is 0 Å². The highest BCUT2D eigenvalue weighted by Gasteiger charge is 2.10. The molecule has 0 aliphatic heterocycles. The van der Waals surface area contributed by atoms with Gasteiger partial charge in [-0.3, -0.25) is 0 Å². The van der Waals surface area contributed by atoms with Crippen LogP contribution in [0.2, 0.25) is 0 Å². The lowest BCUT2D eigenvalue weighted by Crippen LogP contribution is -2.01. The molecule has 0 aliphatic carbocycles. The molecule has 2 heterocycles. The van der Waals surface area contributed by atoms with Gasteiger partial charge in [0.15, 0.2) is 5.65 Å². The number of aromatic nitrogens is 3. The number of nitrogen functional groups attached to an aromatic ring is 1. The molecule has 2 aromatic heterocycles. The molecule has 1 aromatic carbocycles. The van der Waals surface area contributed by atoms with Gasteiger partial charge in [-0.2, -0.15) is 4.98 Å². The van der Waals surface area contributed by atoms with Crippen molar-refractivity contribution >= 4 is 17.6 Å². The minimum Gasteiger partial charge on any atom is -0.465 e. The number of hydrogen-bond donors (Lipinski definition) is 1. The van der Waals surface area contributed by atoms with Crippen molar-refractivity contribution in [2.24, 2.45) is 0 Å². The summed E-state index contributed by atoms with van der Waals surface area (Å²) in [5.74, 6) is -0.168. The molecule has 6 heteroatoms. The van der Waals surface area contributed by atoms with Crippen molar-refractivity contribution in [2.75, 3.05) is 12.8 Å². The largest absolute Gasteiger partial charge is 0.465 e. The molecule has 0 unspecified atom stereocenters. The number of anilines is 1. The average molecular weight is 268 g/mol. The number of hydrogen-bond acceptors (Lipinski definition) is 5. The minimum atomic E-state index is -0.378. The number of esters is 1. The highest BCUT2D eigenvalue weighted by Crippen LogP contribution is 2.21. The van der Waals surface area contributed by atoms with E-state index >= 15 is 0 Å². The Labute approximate surface area is 114 Å². The summed E-state index contributed by atoms with van der Waals surface area (Å²) >= 11 is 0. The van der Waals surface area contributed by atoms with Crippen LogP contribution in [0.5, 0.6) is 0 Å². The smallest absolute Gasteiger partial charge is 0.337 e. The highest BCUT2D eigenvalue weighted by molar-refractivity contribution is 5.90. The first-order chi connectivity index (χ1) is 9.69. The molecule has 3 aromatic rings. The van der Waals surface area contributed by atoms with Gasteiger partial charge in [-0.15, -0.1) is 5.10 Å². The fourth-order valence-corrected chi connectivity index (χ4v) is 2.06. The van der Waals surface area contributed by atoms with Crippen LogP contribution < -0.4 is 5.73 Å². The number of ether oxygens (including phenoxy) is 1. The maximum atomic E-state index is 11.6. The number of methoxy groups -OCH3 is 1. The number of benzene rings is 1. The van der Waals surface area contributed by atoms with E-state index in [0.29, 0.717) is 11.2 Å². The fraction of sp³-hybridized carbons (Fsp3) is 0.0714. The van der Waals surface area contributed by atoms with Gasteiger partial charge in [0.25, 0.3) is 0 Å². The van der Waals surface area contributed by atoms with Crippen molar-refractivity contribution in [2.45, 2.75) is 0 Å². The van der Waals surface area contributed by atoms with Gasteiger partial charge in [0.2, 0.25) is 5.95 Å². The number of pyridine rings is 1. The quantitative estimate of drug-likeness (QED) is 0.716. The fourth-order valence-electron chi connectivity index (χ4n) is 2.06. The monoisotopic (exact) mass is 268 g/mol. The van der Waals surface area contributed by atoms with Crippen LogP contribution in [-0.2, 0) is 4.74 Å². The molecule has 100 valence electrons. The molecule has 6 nitrogen and oxygen atoms in total. The number of carbonyl (C=O) groups is 1. The molecule has 0 aliphatic rings. The Morgan fingerprint density at radius 3 is 2.85 bits per heavy atom. The molecule has 0 atom stereocenters. The Morgan fingerprint density at radius 2 is 2.05 bits per heavy atom. The number of nitrogens with zero attached hydrogens (tertiary/aromatic N) is 3. The molecule has 0 fully saturated rings. The van der Waals surface area contributed by atoms with Crippen LogP contribution in [0.25, 0.3) is 16.9 Å². The SMILES string of the molecule is COC(=O)c1cccc(-c2cccc3nc(N)nn23)c1. The van der Waals surface area contributed by atoms with Gasteiger partial charge >= 0.3 is 5.97 Å². The predicted molar refractivity (Wildman–Crippen MR) is 74.2 cm³/mol. The first-order valence-corrected chi connectivity index (χ1v) is 5.99. The van der Waals surface area contributed by atoms with E-state index in [4.69, 9.17) is 10.5 Å². The van der Waals surface area contributed by atoms with Crippen molar-refractivity contribution in [3.8, 4) is 11.3 Å². The molecule has 0 radical (unpaired) electrons. The van der Waals surface area contributed by atoms with E-state index in [0.717, 1.165) is 11.3 Å². The molecular weight excluding hydrogens is 256 g/mol. The Kier molecular flexibility index (Phi) is 2.83. The minimum absolute atomic E-state index is 0.210. The third-order valence-corrected chi connectivity index (χ3v) is 2.96. The third-order valence-electron chi connectivity index (χ3n) is 2.96. The number of carbonyl (C=O) groups excluding carboxylic acids is 1. The summed E-state index contributed by atoms with van der Waals surface area (Å²) in [6.07, 6.45) is 0. The van der Waals surface area contributed by atoms with Crippen LogP contribution in [-0.4, -0.2) is 27.7 Å². The molecule has 0 spiro atoms. The van der Waals surface area contributed by atoms with Gasteiger partial charge in [0, 0.05) is 5.56 Å². The Balaban J connectivity index is 2.18. The zero-order valence-corrected chi connectivity index (χ0v) is 10.8. The Morgan fingerprint density at radius 1 is 1.25 bits per heavy atom. The lowest BCUT2D eigenvalue weighted by molar-refractivity contribution is 0.0601. The topological polar surface area (TPSA) is 82.5 Å². The van der Waals surface area contributed by atoms with Gasteiger partial charge in [-0.05, 0) is 24.3 Å². The second-order valence-electron chi connectivity index (χ2n) is 4.22. The van der Waals surface area contributed by atoms with E-state index in [1.54, 1.807) is 22.7 Å². The molecule has 20 heavy (non-hydrogen) atoms. The maximum absolute atomic E-state index is 11.6. The van der Waals surface area contributed by atoms with Crippen molar-refractivity contribution in [3.05, 3.63) is 48.0 Å². The average Bonchev–Trinajstić information content (AvgIpc) is 2.86. The molecular formula is C14H12N4O2. The molecule has 0 amide bonds. The summed E-state index contributed by atoms with van der Waals surface area (Å²) in [6.45, 7) is 0. The summed E-state index contributed by atoms with van der Waals surface area (Å²) in [6, 6.07) is 12.7. The molecule has 2 N–H and O–H groups in total. The van der Waals surface area contributed by atoms with Crippen molar-refractivity contribution in [3.63, 3.8) is 0 Å². The summed E-state index contributed by atoms with van der Waals surface area (Å²) < 4.78 is 6.37. The maximum Gasteiger partial charge on any atom is 0.337 e. The van der Waals surface area contributed by atoms with Crippen molar-refractivity contribution in [1.82, 2.24) is 14.6 Å². The zero-order valence-electron chi connectivity index (χ0n) is 10.8. The Hall–Kier alpha value is -2.89. The summed E-state index contributed by atoms with van der Waals surface area (Å²) in [5.41, 5.74) is 8.40. The highest BCUT2D eigenvalue weighted by atomic mass is 16.5. The number of fused-ring (bicyclic) bond motifs is 1. The van der Waals surface area contributed by atoms with E-state index in [9.17, 15) is 4.79 Å². The molecule has 0 saturated carbocycles. The normalized spacial score (nSPS) is 10.7. The summed E-state index contributed by atoms with van der Waals surface area (Å²) in [4.78, 5) is 15.7. The summed E-state index contributed by atoms with van der Waals surface area (Å²) in [7, 11) is 1.36. The van der Waals surface area contributed by atoms with Crippen molar-refractivity contribution in [1.29, 1.82) is 0 Å². The second-order valence-corrected chi connectivity index (χ2v) is 4.22. The first-order valence-electron chi connectivity index (χ1n) is 5.99. The van der Waals surface area contributed by atoms with Gasteiger partial charge in [-0.25, -0.2) is 9.31 Å². The van der Waals surface area contributed by atoms with Gasteiger partial charge < -0.3 is 10.5 Å². The van der Waals surface area contributed by atoms with Crippen molar-refractivity contribution < 1.29 is 9.53 Å². The molecule has 0 saturated heterocycles. The number of nitrogens with two attached hydrogens (primary N) is 1. The van der Waals surface area contributed by atoms with Crippen LogP contribution in [0.1, 0.15) is 10.4 Å². The standard InChI is InChI=1S/C14H12N4O2/c1-20-13(19)10-5-2-4-9(8-10)11-6-3-7-12-16-14(15)17-18(11)12/h2-8H,1H3,(H2,15,17). The lowest BCUT2D eigenvalue weighted by atomic mass is 10.1. The lowest BCUT2D eigenvalue weighted by Gasteiger charge is -2.06. The second kappa shape index (κ2) is 4.65. The van der Waals surface area contributed by atoms with E-state index in [1.807, 2.05) is 24.3 Å². The van der Waals surface area contributed by atoms with E-state index < -0.39 is 0 Å². The van der Waals surface area contributed by atoms with Crippen LogP contribution in [0.4, 0.5) is 5.95 Å². The van der Waals surface area contributed by atoms with Crippen LogP contribution in [0.15, 0.2) is 42.5 Å². The van der Waals surface area contributed by atoms with E-state index in [2.05, 4.69) is 10.1 Å². The van der Waals surface area contributed by atoms with Crippen LogP contribution >= 0.6 is 0 Å². The zero-order chi connectivity index (χ0) is 14.1. The van der Waals surface area contributed by atoms with Gasteiger partial charge in [-0.1, -0.05) is 18.2 Å². The molecule has 3 rings (SSSR count).